The van der Waals surface area contributed by atoms with E-state index in [2.05, 4.69) is 28.4 Å². The molecule has 6 heteroatoms. The number of rotatable bonds is 3. The van der Waals surface area contributed by atoms with Crippen LogP contribution in [0.3, 0.4) is 0 Å². The van der Waals surface area contributed by atoms with E-state index in [1.165, 1.54) is 18.2 Å². The van der Waals surface area contributed by atoms with Crippen molar-refractivity contribution in [1.82, 2.24) is 4.90 Å². The Kier molecular flexibility index (Phi) is 5.84. The second kappa shape index (κ2) is 8.47. The van der Waals surface area contributed by atoms with Gasteiger partial charge in [0.05, 0.1) is 30.0 Å². The highest BCUT2D eigenvalue weighted by molar-refractivity contribution is 5.96. The average Bonchev–Trinajstić information content (AvgIpc) is 2.68. The molecule has 2 N–H and O–H groups in total. The largest absolute Gasteiger partial charge is 0.477 e. The zero-order valence-corrected chi connectivity index (χ0v) is 15.7. The van der Waals surface area contributed by atoms with Crippen LogP contribution < -0.4 is 15.4 Å². The number of halogens is 1. The molecule has 0 radical (unpaired) electrons. The van der Waals surface area contributed by atoms with E-state index in [4.69, 9.17) is 11.2 Å². The number of carbonyl (C=O) groups excluding carboxylic acids is 1. The van der Waals surface area contributed by atoms with Crippen molar-refractivity contribution in [3.8, 4) is 29.9 Å². The van der Waals surface area contributed by atoms with Crippen molar-refractivity contribution in [2.75, 3.05) is 37.8 Å². The zero-order chi connectivity index (χ0) is 20.1. The van der Waals surface area contributed by atoms with Gasteiger partial charge in [0.1, 0.15) is 11.6 Å². The molecule has 0 saturated carbocycles. The minimum atomic E-state index is -0.739. The number of amides is 1. The Morgan fingerprint density at radius 2 is 2.18 bits per heavy atom. The second-order valence-electron chi connectivity index (χ2n) is 6.56. The molecule has 1 amide bonds. The fraction of sp³-hybridized carbons (Fsp3) is 0.227. The summed E-state index contributed by atoms with van der Waals surface area (Å²) in [6.45, 7) is 0.811. The number of fused-ring (bicyclic) bond motifs is 1. The van der Waals surface area contributed by atoms with Crippen molar-refractivity contribution in [2.24, 2.45) is 0 Å². The standard InChI is InChI=1S/C22H20FN3O2/c1-4-15-7-10-20-19(12-15)24-14-21(28-20)22(27)25-18-9-8-17(23)13-16(18)6-5-11-26(2)3/h1,7-10,12-13,21,24H,11,14H2,2-3H3,(H,25,27). The summed E-state index contributed by atoms with van der Waals surface area (Å²) >= 11 is 0. The van der Waals surface area contributed by atoms with E-state index in [1.807, 2.05) is 19.0 Å². The number of nitrogens with zero attached hydrogens (tertiary/aromatic N) is 1. The van der Waals surface area contributed by atoms with Crippen molar-refractivity contribution in [1.29, 1.82) is 0 Å². The molecule has 1 heterocycles. The second-order valence-corrected chi connectivity index (χ2v) is 6.56. The first-order valence-electron chi connectivity index (χ1n) is 8.71. The van der Waals surface area contributed by atoms with Gasteiger partial charge in [-0.25, -0.2) is 4.39 Å². The van der Waals surface area contributed by atoms with E-state index < -0.39 is 11.9 Å². The summed E-state index contributed by atoms with van der Waals surface area (Å²) in [6.07, 6.45) is 4.66. The van der Waals surface area contributed by atoms with Gasteiger partial charge in [-0.3, -0.25) is 9.69 Å². The van der Waals surface area contributed by atoms with E-state index in [9.17, 15) is 9.18 Å². The lowest BCUT2D eigenvalue weighted by atomic mass is 10.1. The highest BCUT2D eigenvalue weighted by Gasteiger charge is 2.26. The molecule has 142 valence electrons. The van der Waals surface area contributed by atoms with E-state index in [1.54, 1.807) is 18.2 Å². The lowest BCUT2D eigenvalue weighted by Crippen LogP contribution is -2.41. The maximum absolute atomic E-state index is 13.6. The first-order chi connectivity index (χ1) is 13.5. The van der Waals surface area contributed by atoms with Gasteiger partial charge in [-0.2, -0.15) is 0 Å². The summed E-state index contributed by atoms with van der Waals surface area (Å²) in [6, 6.07) is 9.35. The number of benzene rings is 2. The summed E-state index contributed by atoms with van der Waals surface area (Å²) in [5.74, 6) is 8.19. The molecule has 0 bridgehead atoms. The van der Waals surface area contributed by atoms with Crippen molar-refractivity contribution in [2.45, 2.75) is 6.10 Å². The monoisotopic (exact) mass is 377 g/mol. The number of nitrogens with one attached hydrogen (secondary N) is 2. The molecule has 0 spiro atoms. The molecule has 0 aliphatic carbocycles. The van der Waals surface area contributed by atoms with Crippen LogP contribution in [-0.4, -0.2) is 44.1 Å². The molecular formula is C22H20FN3O2. The molecule has 28 heavy (non-hydrogen) atoms. The molecule has 1 unspecified atom stereocenters. The van der Waals surface area contributed by atoms with Crippen LogP contribution >= 0.6 is 0 Å². The molecule has 3 rings (SSSR count). The van der Waals surface area contributed by atoms with Gasteiger partial charge in [-0.15, -0.1) is 6.42 Å². The van der Waals surface area contributed by atoms with Gasteiger partial charge in [-0.05, 0) is 50.5 Å². The molecule has 1 aliphatic rings. The van der Waals surface area contributed by atoms with Gasteiger partial charge in [0.15, 0.2) is 6.10 Å². The Balaban J connectivity index is 1.74. The molecule has 1 aliphatic heterocycles. The molecule has 0 saturated heterocycles. The highest BCUT2D eigenvalue weighted by Crippen LogP contribution is 2.30. The van der Waals surface area contributed by atoms with Crippen molar-refractivity contribution in [3.05, 3.63) is 53.3 Å². The predicted molar refractivity (Wildman–Crippen MR) is 108 cm³/mol. The Morgan fingerprint density at radius 1 is 1.36 bits per heavy atom. The van der Waals surface area contributed by atoms with Gasteiger partial charge >= 0.3 is 0 Å². The number of hydrogen-bond acceptors (Lipinski definition) is 4. The van der Waals surface area contributed by atoms with Crippen molar-refractivity contribution < 1.29 is 13.9 Å². The maximum atomic E-state index is 13.6. The Hall–Kier alpha value is -3.48. The van der Waals surface area contributed by atoms with Crippen LogP contribution in [0.2, 0.25) is 0 Å². The van der Waals surface area contributed by atoms with Gasteiger partial charge < -0.3 is 15.4 Å². The predicted octanol–water partition coefficient (Wildman–Crippen LogP) is 2.53. The van der Waals surface area contributed by atoms with Gasteiger partial charge in [-0.1, -0.05) is 17.8 Å². The van der Waals surface area contributed by atoms with Gasteiger partial charge in [0.2, 0.25) is 0 Å². The molecule has 2 aromatic carbocycles. The minimum absolute atomic E-state index is 0.287. The van der Waals surface area contributed by atoms with Crippen LogP contribution in [0.4, 0.5) is 15.8 Å². The molecular weight excluding hydrogens is 357 g/mol. The van der Waals surface area contributed by atoms with Crippen LogP contribution in [0.25, 0.3) is 0 Å². The van der Waals surface area contributed by atoms with Crippen LogP contribution in [0.5, 0.6) is 5.75 Å². The molecule has 0 aromatic heterocycles. The minimum Gasteiger partial charge on any atom is -0.477 e. The summed E-state index contributed by atoms with van der Waals surface area (Å²) < 4.78 is 19.4. The maximum Gasteiger partial charge on any atom is 0.267 e. The van der Waals surface area contributed by atoms with Gasteiger partial charge in [0.25, 0.3) is 5.91 Å². The van der Waals surface area contributed by atoms with E-state index in [0.717, 1.165) is 11.3 Å². The van der Waals surface area contributed by atoms with E-state index >= 15 is 0 Å². The van der Waals surface area contributed by atoms with Crippen LogP contribution in [0, 0.1) is 30.0 Å². The van der Waals surface area contributed by atoms with Crippen LogP contribution in [0.15, 0.2) is 36.4 Å². The van der Waals surface area contributed by atoms with E-state index in [0.29, 0.717) is 23.5 Å². The van der Waals surface area contributed by atoms with Crippen molar-refractivity contribution in [3.63, 3.8) is 0 Å². The SMILES string of the molecule is C#Cc1ccc2c(c1)NCC(C(=O)Nc1ccc(F)cc1C#CCN(C)C)O2. The summed E-state index contributed by atoms with van der Waals surface area (Å²) in [4.78, 5) is 14.6. The third-order valence-electron chi connectivity index (χ3n) is 4.04. The molecule has 5 nitrogen and oxygen atoms in total. The third-order valence-corrected chi connectivity index (χ3v) is 4.04. The summed E-state index contributed by atoms with van der Waals surface area (Å²) in [7, 11) is 3.78. The Bertz CT molecular complexity index is 999. The lowest BCUT2D eigenvalue weighted by molar-refractivity contribution is -0.122. The Morgan fingerprint density at radius 3 is 2.93 bits per heavy atom. The summed E-state index contributed by atoms with van der Waals surface area (Å²) in [5.41, 5.74) is 2.33. The fourth-order valence-electron chi connectivity index (χ4n) is 2.64. The highest BCUT2D eigenvalue weighted by atomic mass is 19.1. The molecule has 2 aromatic rings. The number of terminal acetylenes is 1. The normalized spacial score (nSPS) is 14.6. The van der Waals surface area contributed by atoms with Crippen LogP contribution in [0.1, 0.15) is 11.1 Å². The molecule has 0 fully saturated rings. The zero-order valence-electron chi connectivity index (χ0n) is 15.7. The Labute approximate surface area is 163 Å². The third kappa shape index (κ3) is 4.62. The topological polar surface area (TPSA) is 53.6 Å². The van der Waals surface area contributed by atoms with Crippen LogP contribution in [-0.2, 0) is 4.79 Å². The van der Waals surface area contributed by atoms with Gasteiger partial charge in [0, 0.05) is 5.56 Å². The average molecular weight is 377 g/mol. The number of anilines is 2. The first kappa shape index (κ1) is 19.3. The van der Waals surface area contributed by atoms with E-state index in [-0.39, 0.29) is 12.5 Å². The quantitative estimate of drug-likeness (QED) is 0.808. The summed E-state index contributed by atoms with van der Waals surface area (Å²) in [5, 5.41) is 5.93. The first-order valence-corrected chi connectivity index (χ1v) is 8.71. The number of carbonyl (C=O) groups is 1. The van der Waals surface area contributed by atoms with Crippen molar-refractivity contribution >= 4 is 17.3 Å². The fourth-order valence-corrected chi connectivity index (χ4v) is 2.64. The lowest BCUT2D eigenvalue weighted by Gasteiger charge is -2.26. The number of ether oxygens (including phenoxy) is 1. The smallest absolute Gasteiger partial charge is 0.267 e. The number of hydrogen-bond donors (Lipinski definition) is 2. The molecule has 1 atom stereocenters.